The molecule has 0 bridgehead atoms. The second-order valence-corrected chi connectivity index (χ2v) is 3.78. The van der Waals surface area contributed by atoms with Crippen LogP contribution >= 0.6 is 0 Å². The van der Waals surface area contributed by atoms with Crippen LogP contribution in [-0.4, -0.2) is 13.2 Å². The van der Waals surface area contributed by atoms with Gasteiger partial charge in [0.15, 0.2) is 0 Å². The summed E-state index contributed by atoms with van der Waals surface area (Å²) in [6, 6.07) is 0. The summed E-state index contributed by atoms with van der Waals surface area (Å²) >= 11 is 0. The Labute approximate surface area is 65.8 Å². The third-order valence-electron chi connectivity index (χ3n) is 0.408. The Bertz CT molecular complexity index is 44.2. The van der Waals surface area contributed by atoms with E-state index < -0.39 is 0 Å². The van der Waals surface area contributed by atoms with Gasteiger partial charge < -0.3 is 4.74 Å². The third kappa shape index (κ3) is 100. The standard InChI is InChI=1S/C5H12.C4H10O/c1-5(2,3)4;1-3-5-4-2/h1-4H3;3-4H2,1-2H3. The average molecular weight is 146 g/mol. The van der Waals surface area contributed by atoms with Gasteiger partial charge in [0.2, 0.25) is 0 Å². The van der Waals surface area contributed by atoms with E-state index in [-0.39, 0.29) is 0 Å². The quantitative estimate of drug-likeness (QED) is 0.581. The van der Waals surface area contributed by atoms with Gasteiger partial charge in [-0.1, -0.05) is 27.7 Å². The molecule has 0 heterocycles. The second-order valence-electron chi connectivity index (χ2n) is 3.78. The van der Waals surface area contributed by atoms with Crippen molar-refractivity contribution in [1.29, 1.82) is 0 Å². The highest BCUT2D eigenvalue weighted by molar-refractivity contribution is 4.47. The number of hydrogen-bond acceptors (Lipinski definition) is 1. The fourth-order valence-electron chi connectivity index (χ4n) is 0.204. The summed E-state index contributed by atoms with van der Waals surface area (Å²) in [6.45, 7) is 14.4. The molecule has 0 aromatic carbocycles. The Morgan fingerprint density at radius 1 is 0.900 bits per heavy atom. The molecule has 0 spiro atoms. The van der Waals surface area contributed by atoms with Gasteiger partial charge in [-0.2, -0.15) is 0 Å². The van der Waals surface area contributed by atoms with E-state index in [2.05, 4.69) is 27.7 Å². The van der Waals surface area contributed by atoms with E-state index in [1.807, 2.05) is 13.8 Å². The molecule has 0 aliphatic rings. The van der Waals surface area contributed by atoms with Gasteiger partial charge in [-0.3, -0.25) is 0 Å². The Morgan fingerprint density at radius 2 is 1.10 bits per heavy atom. The van der Waals surface area contributed by atoms with Gasteiger partial charge in [-0.15, -0.1) is 0 Å². The molecule has 1 heteroatoms. The molecule has 0 fully saturated rings. The van der Waals surface area contributed by atoms with Crippen molar-refractivity contribution < 1.29 is 4.74 Å². The zero-order chi connectivity index (χ0) is 8.62. The first-order chi connectivity index (χ1) is 4.41. The molecule has 10 heavy (non-hydrogen) atoms. The topological polar surface area (TPSA) is 9.23 Å². The van der Waals surface area contributed by atoms with E-state index in [4.69, 9.17) is 4.74 Å². The van der Waals surface area contributed by atoms with Gasteiger partial charge in [-0.05, 0) is 19.3 Å². The van der Waals surface area contributed by atoms with Crippen molar-refractivity contribution in [2.75, 3.05) is 13.2 Å². The molecule has 0 aromatic rings. The maximum atomic E-state index is 4.83. The molecular formula is C9H22O. The number of rotatable bonds is 2. The second kappa shape index (κ2) is 7.07. The monoisotopic (exact) mass is 146 g/mol. The first-order valence-corrected chi connectivity index (χ1v) is 3.99. The van der Waals surface area contributed by atoms with Crippen LogP contribution in [-0.2, 0) is 4.74 Å². The maximum Gasteiger partial charge on any atom is 0.0437 e. The van der Waals surface area contributed by atoms with Crippen LogP contribution in [0.3, 0.4) is 0 Å². The zero-order valence-electron chi connectivity index (χ0n) is 8.32. The first-order valence-electron chi connectivity index (χ1n) is 3.99. The number of ether oxygens (including phenoxy) is 1. The average Bonchev–Trinajstić information content (AvgIpc) is 1.63. The fraction of sp³-hybridized carbons (Fsp3) is 1.00. The van der Waals surface area contributed by atoms with Crippen molar-refractivity contribution >= 4 is 0 Å². The van der Waals surface area contributed by atoms with Gasteiger partial charge in [0.1, 0.15) is 0 Å². The predicted molar refractivity (Wildman–Crippen MR) is 47.3 cm³/mol. The highest BCUT2D eigenvalue weighted by Crippen LogP contribution is 2.07. The summed E-state index contributed by atoms with van der Waals surface area (Å²) in [5.41, 5.74) is 0.500. The summed E-state index contributed by atoms with van der Waals surface area (Å²) in [5, 5.41) is 0. The first kappa shape index (κ1) is 12.6. The van der Waals surface area contributed by atoms with Crippen molar-refractivity contribution in [3.63, 3.8) is 0 Å². The lowest BCUT2D eigenvalue weighted by Crippen LogP contribution is -1.93. The SMILES string of the molecule is CC(C)(C)C.CCOCC. The summed E-state index contributed by atoms with van der Waals surface area (Å²) in [7, 11) is 0. The summed E-state index contributed by atoms with van der Waals surface area (Å²) in [5.74, 6) is 0. The van der Waals surface area contributed by atoms with E-state index in [0.29, 0.717) is 5.41 Å². The maximum absolute atomic E-state index is 4.83. The lowest BCUT2D eigenvalue weighted by atomic mass is 10.0. The van der Waals surface area contributed by atoms with Crippen LogP contribution in [0.2, 0.25) is 0 Å². The van der Waals surface area contributed by atoms with Crippen molar-refractivity contribution in [3.05, 3.63) is 0 Å². The Hall–Kier alpha value is -0.0400. The highest BCUT2D eigenvalue weighted by Gasteiger charge is 1.95. The molecule has 64 valence electrons. The molecule has 0 unspecified atom stereocenters. The largest absolute Gasteiger partial charge is 0.382 e. The summed E-state index contributed by atoms with van der Waals surface area (Å²) in [4.78, 5) is 0. The lowest BCUT2D eigenvalue weighted by molar-refractivity contribution is 0.162. The van der Waals surface area contributed by atoms with E-state index in [1.54, 1.807) is 0 Å². The molecule has 0 rings (SSSR count). The van der Waals surface area contributed by atoms with Crippen molar-refractivity contribution in [2.45, 2.75) is 41.5 Å². The predicted octanol–water partition coefficient (Wildman–Crippen LogP) is 3.10. The van der Waals surface area contributed by atoms with Gasteiger partial charge in [0, 0.05) is 13.2 Å². The van der Waals surface area contributed by atoms with Crippen LogP contribution in [0, 0.1) is 5.41 Å². The zero-order valence-corrected chi connectivity index (χ0v) is 8.32. The third-order valence-corrected chi connectivity index (χ3v) is 0.408. The molecule has 0 amide bonds. The fourth-order valence-corrected chi connectivity index (χ4v) is 0.204. The summed E-state index contributed by atoms with van der Waals surface area (Å²) in [6.07, 6.45) is 0. The van der Waals surface area contributed by atoms with Crippen molar-refractivity contribution in [1.82, 2.24) is 0 Å². The minimum atomic E-state index is 0.500. The minimum Gasteiger partial charge on any atom is -0.382 e. The van der Waals surface area contributed by atoms with E-state index in [1.165, 1.54) is 0 Å². The van der Waals surface area contributed by atoms with Gasteiger partial charge in [0.05, 0.1) is 0 Å². The Balaban J connectivity index is 0. The minimum absolute atomic E-state index is 0.500. The lowest BCUT2D eigenvalue weighted by Gasteiger charge is -2.05. The molecule has 0 saturated carbocycles. The van der Waals surface area contributed by atoms with Crippen LogP contribution in [0.15, 0.2) is 0 Å². The van der Waals surface area contributed by atoms with Gasteiger partial charge in [0.25, 0.3) is 0 Å². The van der Waals surface area contributed by atoms with Crippen LogP contribution in [0.5, 0.6) is 0 Å². The Morgan fingerprint density at radius 3 is 1.10 bits per heavy atom. The van der Waals surface area contributed by atoms with E-state index >= 15 is 0 Å². The van der Waals surface area contributed by atoms with Gasteiger partial charge >= 0.3 is 0 Å². The smallest absolute Gasteiger partial charge is 0.0437 e. The normalized spacial score (nSPS) is 10.2. The van der Waals surface area contributed by atoms with Crippen molar-refractivity contribution in [2.24, 2.45) is 5.41 Å². The Kier molecular flexibility index (Phi) is 8.92. The molecule has 0 atom stereocenters. The van der Waals surface area contributed by atoms with Gasteiger partial charge in [-0.25, -0.2) is 0 Å². The molecule has 0 aliphatic heterocycles. The molecule has 1 nitrogen and oxygen atoms in total. The van der Waals surface area contributed by atoms with Crippen molar-refractivity contribution in [3.8, 4) is 0 Å². The number of hydrogen-bond donors (Lipinski definition) is 0. The van der Waals surface area contributed by atoms with Crippen LogP contribution in [0.1, 0.15) is 41.5 Å². The van der Waals surface area contributed by atoms with E-state index in [9.17, 15) is 0 Å². The molecule has 0 N–H and O–H groups in total. The molecule has 0 aliphatic carbocycles. The van der Waals surface area contributed by atoms with Crippen LogP contribution in [0.4, 0.5) is 0 Å². The molecule has 0 radical (unpaired) electrons. The summed E-state index contributed by atoms with van der Waals surface area (Å²) < 4.78 is 4.83. The highest BCUT2D eigenvalue weighted by atomic mass is 16.5. The van der Waals surface area contributed by atoms with Crippen LogP contribution in [0.25, 0.3) is 0 Å². The van der Waals surface area contributed by atoms with E-state index in [0.717, 1.165) is 13.2 Å². The molecule has 0 aromatic heterocycles. The molecule has 0 saturated heterocycles. The van der Waals surface area contributed by atoms with Crippen LogP contribution < -0.4 is 0 Å². The molecular weight excluding hydrogens is 124 g/mol.